The van der Waals surface area contributed by atoms with Crippen LogP contribution in [0.4, 0.5) is 0 Å². The molecule has 3 aromatic rings. The molecule has 0 saturated carbocycles. The molecule has 0 aliphatic rings. The van der Waals surface area contributed by atoms with Crippen molar-refractivity contribution in [3.63, 3.8) is 0 Å². The number of nitrogens with zero attached hydrogens (tertiary/aromatic N) is 4. The summed E-state index contributed by atoms with van der Waals surface area (Å²) >= 11 is 0. The molecule has 3 rings (SSSR count). The van der Waals surface area contributed by atoms with Crippen LogP contribution in [0.3, 0.4) is 0 Å². The van der Waals surface area contributed by atoms with Gasteiger partial charge in [0.2, 0.25) is 5.91 Å². The summed E-state index contributed by atoms with van der Waals surface area (Å²) in [6.07, 6.45) is 3.23. The van der Waals surface area contributed by atoms with Gasteiger partial charge in [-0.2, -0.15) is 4.68 Å². The lowest BCUT2D eigenvalue weighted by Gasteiger charge is -2.06. The van der Waals surface area contributed by atoms with Gasteiger partial charge in [0.1, 0.15) is 5.75 Å². The van der Waals surface area contributed by atoms with Crippen molar-refractivity contribution >= 4 is 12.0 Å². The van der Waals surface area contributed by atoms with E-state index in [0.29, 0.717) is 5.82 Å². The first kappa shape index (κ1) is 16.4. The topological polar surface area (TPSA) is 81.9 Å². The summed E-state index contributed by atoms with van der Waals surface area (Å²) in [5.74, 6) is 1.07. The Hall–Kier alpha value is -3.48. The van der Waals surface area contributed by atoms with E-state index in [0.717, 1.165) is 17.0 Å². The lowest BCUT2D eigenvalue weighted by Crippen LogP contribution is -2.22. The molecule has 0 aliphatic carbocycles. The number of carbonyl (C=O) groups excluding carboxylic acids is 1. The van der Waals surface area contributed by atoms with E-state index in [2.05, 4.69) is 20.8 Å². The van der Waals surface area contributed by atoms with Gasteiger partial charge in [0.15, 0.2) is 5.82 Å². The summed E-state index contributed by atoms with van der Waals surface area (Å²) in [6, 6.07) is 16.9. The SMILES string of the molecule is COc1ccc(-n2nnnc2CNC(=O)/C=C\c2ccccc2)cc1. The minimum Gasteiger partial charge on any atom is -0.497 e. The first-order valence-electron chi connectivity index (χ1n) is 7.69. The van der Waals surface area contributed by atoms with Gasteiger partial charge in [-0.05, 0) is 46.3 Å². The monoisotopic (exact) mass is 335 g/mol. The van der Waals surface area contributed by atoms with Crippen molar-refractivity contribution < 1.29 is 9.53 Å². The molecule has 1 aromatic heterocycles. The number of methoxy groups -OCH3 is 1. The highest BCUT2D eigenvalue weighted by Gasteiger charge is 2.09. The number of nitrogens with one attached hydrogen (secondary N) is 1. The van der Waals surface area contributed by atoms with Crippen molar-refractivity contribution in [1.82, 2.24) is 25.5 Å². The van der Waals surface area contributed by atoms with E-state index in [9.17, 15) is 4.79 Å². The summed E-state index contributed by atoms with van der Waals surface area (Å²) in [4.78, 5) is 12.0. The number of benzene rings is 2. The van der Waals surface area contributed by atoms with Crippen molar-refractivity contribution in [1.29, 1.82) is 0 Å². The molecule has 7 heteroatoms. The molecule has 0 aliphatic heterocycles. The Labute approximate surface area is 144 Å². The fourth-order valence-electron chi connectivity index (χ4n) is 2.20. The molecule has 1 heterocycles. The zero-order valence-electron chi connectivity index (χ0n) is 13.7. The molecule has 0 saturated heterocycles. The highest BCUT2D eigenvalue weighted by atomic mass is 16.5. The van der Waals surface area contributed by atoms with Crippen molar-refractivity contribution in [2.45, 2.75) is 6.54 Å². The lowest BCUT2D eigenvalue weighted by atomic mass is 10.2. The van der Waals surface area contributed by atoms with Crippen LogP contribution in [-0.2, 0) is 11.3 Å². The molecular formula is C18H17N5O2. The Morgan fingerprint density at radius 2 is 1.92 bits per heavy atom. The largest absolute Gasteiger partial charge is 0.497 e. The van der Waals surface area contributed by atoms with Gasteiger partial charge in [-0.15, -0.1) is 5.10 Å². The second kappa shape index (κ2) is 7.87. The van der Waals surface area contributed by atoms with E-state index in [-0.39, 0.29) is 12.5 Å². The molecule has 1 N–H and O–H groups in total. The standard InChI is InChI=1S/C18H17N5O2/c1-25-16-10-8-15(9-11-16)23-17(20-21-22-23)13-19-18(24)12-7-14-5-3-2-4-6-14/h2-12H,13H2,1H3,(H,19,24)/b12-7-. The minimum absolute atomic E-state index is 0.215. The maximum absolute atomic E-state index is 12.0. The summed E-state index contributed by atoms with van der Waals surface area (Å²) in [7, 11) is 1.61. The lowest BCUT2D eigenvalue weighted by molar-refractivity contribution is -0.116. The number of rotatable bonds is 6. The molecule has 0 unspecified atom stereocenters. The highest BCUT2D eigenvalue weighted by molar-refractivity contribution is 5.91. The van der Waals surface area contributed by atoms with Crippen LogP contribution in [0, 0.1) is 0 Å². The zero-order valence-corrected chi connectivity index (χ0v) is 13.7. The Kier molecular flexibility index (Phi) is 5.16. The van der Waals surface area contributed by atoms with E-state index in [4.69, 9.17) is 4.74 Å². The van der Waals surface area contributed by atoms with Crippen LogP contribution in [0.15, 0.2) is 60.7 Å². The third-order valence-corrected chi connectivity index (χ3v) is 3.50. The Morgan fingerprint density at radius 1 is 1.16 bits per heavy atom. The van der Waals surface area contributed by atoms with Crippen LogP contribution in [0.1, 0.15) is 11.4 Å². The third-order valence-electron chi connectivity index (χ3n) is 3.50. The number of carbonyl (C=O) groups is 1. The smallest absolute Gasteiger partial charge is 0.244 e. The van der Waals surface area contributed by atoms with Gasteiger partial charge in [0.25, 0.3) is 0 Å². The average molecular weight is 335 g/mol. The van der Waals surface area contributed by atoms with Crippen molar-refractivity contribution in [2.24, 2.45) is 0 Å². The molecule has 126 valence electrons. The first-order valence-corrected chi connectivity index (χ1v) is 7.69. The number of ether oxygens (including phenoxy) is 1. The fraction of sp³-hybridized carbons (Fsp3) is 0.111. The molecule has 0 atom stereocenters. The van der Waals surface area contributed by atoms with Crippen LogP contribution in [0.2, 0.25) is 0 Å². The summed E-state index contributed by atoms with van der Waals surface area (Å²) in [5, 5.41) is 14.4. The number of hydrogen-bond acceptors (Lipinski definition) is 5. The Bertz CT molecular complexity index is 857. The Morgan fingerprint density at radius 3 is 2.64 bits per heavy atom. The molecule has 1 amide bonds. The predicted molar refractivity (Wildman–Crippen MR) is 93.0 cm³/mol. The fourth-order valence-corrected chi connectivity index (χ4v) is 2.20. The predicted octanol–water partition coefficient (Wildman–Crippen LogP) is 2.00. The molecular weight excluding hydrogens is 318 g/mol. The van der Waals surface area contributed by atoms with Crippen LogP contribution < -0.4 is 10.1 Å². The van der Waals surface area contributed by atoms with E-state index in [1.165, 1.54) is 6.08 Å². The number of amides is 1. The second-order valence-corrected chi connectivity index (χ2v) is 5.17. The third kappa shape index (κ3) is 4.29. The van der Waals surface area contributed by atoms with Gasteiger partial charge >= 0.3 is 0 Å². The number of tetrazole rings is 1. The quantitative estimate of drug-likeness (QED) is 0.697. The van der Waals surface area contributed by atoms with Gasteiger partial charge in [0.05, 0.1) is 19.3 Å². The highest BCUT2D eigenvalue weighted by Crippen LogP contribution is 2.14. The molecule has 0 spiro atoms. The van der Waals surface area contributed by atoms with Crippen molar-refractivity contribution in [3.8, 4) is 11.4 Å². The second-order valence-electron chi connectivity index (χ2n) is 5.17. The van der Waals surface area contributed by atoms with E-state index >= 15 is 0 Å². The summed E-state index contributed by atoms with van der Waals surface area (Å²) < 4.78 is 6.70. The van der Waals surface area contributed by atoms with Gasteiger partial charge in [0, 0.05) is 6.08 Å². The maximum Gasteiger partial charge on any atom is 0.244 e. The van der Waals surface area contributed by atoms with Crippen molar-refractivity contribution in [3.05, 3.63) is 72.1 Å². The minimum atomic E-state index is -0.215. The normalized spacial score (nSPS) is 10.8. The average Bonchev–Trinajstić information content (AvgIpc) is 3.14. The first-order chi connectivity index (χ1) is 12.3. The summed E-state index contributed by atoms with van der Waals surface area (Å²) in [5.41, 5.74) is 1.75. The molecule has 7 nitrogen and oxygen atoms in total. The van der Waals surface area contributed by atoms with E-state index in [1.54, 1.807) is 17.9 Å². The van der Waals surface area contributed by atoms with Crippen molar-refractivity contribution in [2.75, 3.05) is 7.11 Å². The van der Waals surface area contributed by atoms with Gasteiger partial charge < -0.3 is 10.1 Å². The number of hydrogen-bond donors (Lipinski definition) is 1. The zero-order chi connectivity index (χ0) is 17.5. The van der Waals surface area contributed by atoms with Gasteiger partial charge in [-0.1, -0.05) is 30.3 Å². The van der Waals surface area contributed by atoms with E-state index in [1.807, 2.05) is 54.6 Å². The van der Waals surface area contributed by atoms with Gasteiger partial charge in [-0.25, -0.2) is 0 Å². The number of aromatic nitrogens is 4. The van der Waals surface area contributed by atoms with Crippen LogP contribution in [-0.4, -0.2) is 33.2 Å². The molecule has 0 fully saturated rings. The Balaban J connectivity index is 1.63. The molecule has 25 heavy (non-hydrogen) atoms. The molecule has 0 bridgehead atoms. The molecule has 2 aromatic carbocycles. The van der Waals surface area contributed by atoms with Crippen LogP contribution >= 0.6 is 0 Å². The van der Waals surface area contributed by atoms with E-state index < -0.39 is 0 Å². The van der Waals surface area contributed by atoms with Gasteiger partial charge in [-0.3, -0.25) is 4.79 Å². The summed E-state index contributed by atoms with van der Waals surface area (Å²) in [6.45, 7) is 0.219. The van der Waals surface area contributed by atoms with Crippen LogP contribution in [0.5, 0.6) is 5.75 Å². The maximum atomic E-state index is 12.0. The van der Waals surface area contributed by atoms with Crippen LogP contribution in [0.25, 0.3) is 11.8 Å². The molecule has 0 radical (unpaired) electrons.